The molecule has 0 amide bonds. The van der Waals surface area contributed by atoms with E-state index in [0.717, 1.165) is 16.6 Å². The van der Waals surface area contributed by atoms with Gasteiger partial charge in [0.15, 0.2) is 0 Å². The van der Waals surface area contributed by atoms with Crippen LogP contribution < -0.4 is 11.1 Å². The molecule has 0 aliphatic heterocycles. The van der Waals surface area contributed by atoms with Crippen LogP contribution in [-0.2, 0) is 4.52 Å². The molecule has 0 radical (unpaired) electrons. The molecule has 84 valence electrons. The molecule has 0 bridgehead atoms. The van der Waals surface area contributed by atoms with Gasteiger partial charge in [-0.2, -0.15) is 0 Å². The number of aromatic nitrogens is 1. The Balaban J connectivity index is 2.37. The lowest BCUT2D eigenvalue weighted by Gasteiger charge is -2.11. The van der Waals surface area contributed by atoms with Gasteiger partial charge in [0.2, 0.25) is 0 Å². The molecule has 1 unspecified atom stereocenters. The average molecular weight is 235 g/mol. The summed E-state index contributed by atoms with van der Waals surface area (Å²) in [6.07, 6.45) is 1.67. The van der Waals surface area contributed by atoms with Gasteiger partial charge in [0.1, 0.15) is 0 Å². The molecule has 0 fully saturated rings. The molecule has 0 aliphatic carbocycles. The molecule has 0 aliphatic rings. The highest BCUT2D eigenvalue weighted by atomic mass is 31.0. The van der Waals surface area contributed by atoms with Gasteiger partial charge in [-0.3, -0.25) is 4.98 Å². The van der Waals surface area contributed by atoms with Gasteiger partial charge in [-0.25, -0.2) is 0 Å². The van der Waals surface area contributed by atoms with E-state index >= 15 is 0 Å². The van der Waals surface area contributed by atoms with E-state index in [1.807, 2.05) is 24.3 Å². The van der Waals surface area contributed by atoms with Crippen LogP contribution in [0.15, 0.2) is 30.5 Å². The summed E-state index contributed by atoms with van der Waals surface area (Å²) in [5.74, 6) is 0. The maximum absolute atomic E-state index is 5.90. The fraction of sp³-hybridized carbons (Fsp3) is 0.182. The third-order valence-electron chi connectivity index (χ3n) is 2.33. The monoisotopic (exact) mass is 235 g/mol. The molecule has 16 heavy (non-hydrogen) atoms. The van der Waals surface area contributed by atoms with Gasteiger partial charge in [-0.1, -0.05) is 18.2 Å². The zero-order valence-corrected chi connectivity index (χ0v) is 9.97. The number of nitrogens with two attached hydrogens (primary N) is 1. The van der Waals surface area contributed by atoms with Crippen LogP contribution in [0.2, 0.25) is 0 Å². The van der Waals surface area contributed by atoms with Crippen molar-refractivity contribution in [2.75, 3.05) is 24.2 Å². The van der Waals surface area contributed by atoms with E-state index in [-0.39, 0.29) is 0 Å². The lowest BCUT2D eigenvalue weighted by molar-refractivity contribution is 0.390. The predicted octanol–water partition coefficient (Wildman–Crippen LogP) is 2.04. The average Bonchev–Trinajstić information content (AvgIpc) is 2.32. The minimum atomic E-state index is 0.612. The Labute approximate surface area is 96.5 Å². The van der Waals surface area contributed by atoms with E-state index in [2.05, 4.69) is 19.8 Å². The Morgan fingerprint density at radius 1 is 1.38 bits per heavy atom. The first-order valence-electron chi connectivity index (χ1n) is 5.01. The Hall–Kier alpha value is -1.38. The second-order valence-electron chi connectivity index (χ2n) is 3.40. The molecule has 1 aromatic heterocycles. The fourth-order valence-corrected chi connectivity index (χ4v) is 1.71. The van der Waals surface area contributed by atoms with E-state index in [1.54, 1.807) is 6.20 Å². The second-order valence-corrected chi connectivity index (χ2v) is 3.74. The summed E-state index contributed by atoms with van der Waals surface area (Å²) in [6.45, 7) is 1.32. The van der Waals surface area contributed by atoms with E-state index in [9.17, 15) is 0 Å². The zero-order chi connectivity index (χ0) is 11.4. The Morgan fingerprint density at radius 2 is 2.19 bits per heavy atom. The van der Waals surface area contributed by atoms with Gasteiger partial charge in [0.05, 0.1) is 29.7 Å². The van der Waals surface area contributed by atoms with Crippen LogP contribution in [0.25, 0.3) is 10.9 Å². The van der Waals surface area contributed by atoms with Gasteiger partial charge in [-0.15, -0.1) is 0 Å². The first-order valence-corrected chi connectivity index (χ1v) is 5.49. The van der Waals surface area contributed by atoms with Gasteiger partial charge in [0, 0.05) is 21.4 Å². The van der Waals surface area contributed by atoms with Crippen LogP contribution in [0.5, 0.6) is 0 Å². The number of anilines is 2. The largest absolute Gasteiger partial charge is 0.396 e. The number of benzene rings is 1. The number of hydrogen-bond donors (Lipinski definition) is 2. The lowest BCUT2D eigenvalue weighted by Crippen LogP contribution is -2.08. The summed E-state index contributed by atoms with van der Waals surface area (Å²) in [4.78, 5) is 4.27. The first-order chi connectivity index (χ1) is 7.83. The molecule has 0 saturated carbocycles. The highest BCUT2D eigenvalue weighted by molar-refractivity contribution is 7.09. The van der Waals surface area contributed by atoms with Crippen molar-refractivity contribution < 1.29 is 4.52 Å². The summed E-state index contributed by atoms with van der Waals surface area (Å²) < 4.78 is 4.91. The Kier molecular flexibility index (Phi) is 3.54. The second kappa shape index (κ2) is 5.10. The van der Waals surface area contributed by atoms with Crippen molar-refractivity contribution in [1.29, 1.82) is 0 Å². The lowest BCUT2D eigenvalue weighted by atomic mass is 10.1. The third kappa shape index (κ3) is 2.23. The van der Waals surface area contributed by atoms with Crippen molar-refractivity contribution in [1.82, 2.24) is 4.98 Å². The highest BCUT2D eigenvalue weighted by Gasteiger charge is 2.04. The van der Waals surface area contributed by atoms with Crippen LogP contribution in [0.3, 0.4) is 0 Å². The summed E-state index contributed by atoms with van der Waals surface area (Å²) in [5, 5.41) is 4.29. The van der Waals surface area contributed by atoms with Crippen molar-refractivity contribution in [2.24, 2.45) is 0 Å². The predicted molar refractivity (Wildman–Crippen MR) is 70.3 cm³/mol. The first kappa shape index (κ1) is 11.1. The molecular weight excluding hydrogens is 221 g/mol. The number of pyridine rings is 1. The fourth-order valence-electron chi connectivity index (χ4n) is 1.59. The highest BCUT2D eigenvalue weighted by Crippen LogP contribution is 2.27. The van der Waals surface area contributed by atoms with E-state index in [1.165, 1.54) is 0 Å². The van der Waals surface area contributed by atoms with Crippen molar-refractivity contribution in [3.05, 3.63) is 30.5 Å². The van der Waals surface area contributed by atoms with E-state index in [4.69, 9.17) is 10.3 Å². The molecule has 4 nitrogen and oxygen atoms in total. The smallest absolute Gasteiger partial charge is 0.0743 e. The topological polar surface area (TPSA) is 60.2 Å². The van der Waals surface area contributed by atoms with Gasteiger partial charge in [-0.05, 0) is 6.07 Å². The van der Waals surface area contributed by atoms with Crippen molar-refractivity contribution >= 4 is 31.7 Å². The van der Waals surface area contributed by atoms with Gasteiger partial charge < -0.3 is 15.6 Å². The summed E-state index contributed by atoms with van der Waals surface area (Å²) in [7, 11) is 2.22. The number of para-hydroxylation sites is 1. The Bertz CT molecular complexity index is 490. The third-order valence-corrected chi connectivity index (χ3v) is 2.56. The molecule has 1 atom stereocenters. The molecule has 2 aromatic rings. The van der Waals surface area contributed by atoms with Crippen LogP contribution >= 0.6 is 9.47 Å². The maximum Gasteiger partial charge on any atom is 0.0743 e. The summed E-state index contributed by atoms with van der Waals surface area (Å²) in [6, 6.07) is 7.90. The van der Waals surface area contributed by atoms with Crippen LogP contribution in [0.1, 0.15) is 0 Å². The molecule has 1 aromatic carbocycles. The Morgan fingerprint density at radius 3 is 3.00 bits per heavy atom. The van der Waals surface area contributed by atoms with Gasteiger partial charge in [0.25, 0.3) is 0 Å². The molecular formula is C11H14N3OP. The van der Waals surface area contributed by atoms with Gasteiger partial charge >= 0.3 is 0 Å². The van der Waals surface area contributed by atoms with Crippen LogP contribution in [-0.4, -0.2) is 18.1 Å². The SMILES string of the molecule is Nc1cnc2ccccc2c1NCCOP. The van der Waals surface area contributed by atoms with Crippen molar-refractivity contribution in [3.8, 4) is 0 Å². The summed E-state index contributed by atoms with van der Waals surface area (Å²) in [5.41, 5.74) is 8.41. The van der Waals surface area contributed by atoms with E-state index < -0.39 is 0 Å². The number of rotatable bonds is 4. The minimum Gasteiger partial charge on any atom is -0.396 e. The minimum absolute atomic E-state index is 0.612. The van der Waals surface area contributed by atoms with Crippen molar-refractivity contribution in [3.63, 3.8) is 0 Å². The number of nitrogen functional groups attached to an aromatic ring is 1. The quantitative estimate of drug-likeness (QED) is 0.629. The van der Waals surface area contributed by atoms with Crippen molar-refractivity contribution in [2.45, 2.75) is 0 Å². The maximum atomic E-state index is 5.90. The number of nitrogens with zero attached hydrogens (tertiary/aromatic N) is 1. The number of hydrogen-bond acceptors (Lipinski definition) is 4. The molecule has 2 rings (SSSR count). The summed E-state index contributed by atoms with van der Waals surface area (Å²) >= 11 is 0. The van der Waals surface area contributed by atoms with Crippen LogP contribution in [0, 0.1) is 0 Å². The van der Waals surface area contributed by atoms with E-state index in [0.29, 0.717) is 18.8 Å². The standard InChI is InChI=1S/C11H14N3OP/c12-9-7-14-10-4-2-1-3-8(10)11(9)13-5-6-15-16/h1-4,7H,5-6,12,16H2,(H,13,14). The zero-order valence-electron chi connectivity index (χ0n) is 8.81. The van der Waals surface area contributed by atoms with Crippen LogP contribution in [0.4, 0.5) is 11.4 Å². The molecule has 1 heterocycles. The molecule has 3 N–H and O–H groups in total. The molecule has 0 saturated heterocycles. The molecule has 0 spiro atoms. The molecule has 5 heteroatoms. The number of fused-ring (bicyclic) bond motifs is 1. The number of nitrogens with one attached hydrogen (secondary N) is 1. The normalized spacial score (nSPS) is 10.6.